The summed E-state index contributed by atoms with van der Waals surface area (Å²) in [6, 6.07) is 0. The van der Waals surface area contributed by atoms with E-state index in [-0.39, 0.29) is 0 Å². The van der Waals surface area contributed by atoms with E-state index in [9.17, 15) is 0 Å². The Morgan fingerprint density at radius 1 is 0.857 bits per heavy atom. The van der Waals surface area contributed by atoms with E-state index in [1.54, 1.807) is 0 Å². The van der Waals surface area contributed by atoms with Gasteiger partial charge in [0, 0.05) is 0 Å². The fourth-order valence-electron chi connectivity index (χ4n) is 1.48. The Morgan fingerprint density at radius 2 is 1.36 bits per heavy atom. The monoisotopic (exact) mass is 204 g/mol. The molecule has 4 nitrogen and oxygen atoms in total. The summed E-state index contributed by atoms with van der Waals surface area (Å²) in [7, 11) is 0. The van der Waals surface area contributed by atoms with Gasteiger partial charge in [-0.1, -0.05) is 13.8 Å². The second-order valence-corrected chi connectivity index (χ2v) is 3.28. The van der Waals surface area contributed by atoms with Crippen LogP contribution in [0.3, 0.4) is 0 Å². The highest BCUT2D eigenvalue weighted by Crippen LogP contribution is 2.17. The first-order valence-corrected chi connectivity index (χ1v) is 5.27. The topological polar surface area (TPSA) is 36.9 Å². The van der Waals surface area contributed by atoms with Crippen LogP contribution in [0.25, 0.3) is 0 Å². The van der Waals surface area contributed by atoms with Crippen molar-refractivity contribution in [2.24, 2.45) is 0 Å². The van der Waals surface area contributed by atoms with Gasteiger partial charge in [0.05, 0.1) is 25.4 Å². The zero-order valence-corrected chi connectivity index (χ0v) is 9.03. The smallest absolute Gasteiger partial charge is 0.147 e. The number of hydrogen-bond donors (Lipinski definition) is 0. The van der Waals surface area contributed by atoms with Gasteiger partial charge in [-0.05, 0) is 12.8 Å². The third-order valence-electron chi connectivity index (χ3n) is 2.32. The fraction of sp³-hybridized carbons (Fsp3) is 1.00. The van der Waals surface area contributed by atoms with E-state index in [1.165, 1.54) is 0 Å². The van der Waals surface area contributed by atoms with Gasteiger partial charge in [0.25, 0.3) is 0 Å². The molecule has 2 aliphatic rings. The average molecular weight is 204 g/mol. The molecular formula is C10H20O4. The van der Waals surface area contributed by atoms with Gasteiger partial charge in [0.1, 0.15) is 13.6 Å². The molecule has 0 radical (unpaired) electrons. The van der Waals surface area contributed by atoms with Crippen molar-refractivity contribution in [1.29, 1.82) is 0 Å². The Balaban J connectivity index is 0.000000165. The van der Waals surface area contributed by atoms with Gasteiger partial charge in [-0.25, -0.2) is 0 Å². The summed E-state index contributed by atoms with van der Waals surface area (Å²) in [5, 5.41) is 0. The Bertz CT molecular complexity index is 118. The highest BCUT2D eigenvalue weighted by Gasteiger charge is 2.25. The first kappa shape index (κ1) is 11.9. The van der Waals surface area contributed by atoms with Crippen LogP contribution in [0.1, 0.15) is 26.7 Å². The lowest BCUT2D eigenvalue weighted by atomic mass is 10.1. The number of rotatable bonds is 2. The van der Waals surface area contributed by atoms with Crippen molar-refractivity contribution < 1.29 is 18.9 Å². The molecule has 0 N–H and O–H groups in total. The maximum absolute atomic E-state index is 5.28. The number of ether oxygens (including phenoxy) is 4. The molecule has 2 rings (SSSR count). The van der Waals surface area contributed by atoms with Crippen molar-refractivity contribution in [3.8, 4) is 0 Å². The molecule has 0 amide bonds. The molecule has 4 heteroatoms. The molecule has 0 aliphatic carbocycles. The van der Waals surface area contributed by atoms with Crippen LogP contribution in [-0.2, 0) is 18.9 Å². The average Bonchev–Trinajstić information content (AvgIpc) is 2.91. The maximum atomic E-state index is 5.28. The van der Waals surface area contributed by atoms with E-state index >= 15 is 0 Å². The van der Waals surface area contributed by atoms with Gasteiger partial charge in [0.15, 0.2) is 0 Å². The normalized spacial score (nSPS) is 31.3. The van der Waals surface area contributed by atoms with Crippen LogP contribution >= 0.6 is 0 Å². The Kier molecular flexibility index (Phi) is 6.10. The molecule has 2 atom stereocenters. The summed E-state index contributed by atoms with van der Waals surface area (Å²) < 4.78 is 20.0. The predicted octanol–water partition coefficient (Wildman–Crippen LogP) is 1.54. The molecule has 2 unspecified atom stereocenters. The third kappa shape index (κ3) is 3.92. The summed E-state index contributed by atoms with van der Waals surface area (Å²) in [5.41, 5.74) is 0. The molecule has 0 saturated carbocycles. The SMILES string of the molecule is C1COCO1.CCC1OCOC1CC. The first-order chi connectivity index (χ1) is 6.88. The lowest BCUT2D eigenvalue weighted by Crippen LogP contribution is -2.20. The maximum Gasteiger partial charge on any atom is 0.147 e. The Morgan fingerprint density at radius 3 is 1.64 bits per heavy atom. The molecule has 2 saturated heterocycles. The zero-order valence-electron chi connectivity index (χ0n) is 9.03. The van der Waals surface area contributed by atoms with Crippen molar-refractivity contribution >= 4 is 0 Å². The molecule has 0 spiro atoms. The Hall–Kier alpha value is -0.160. The predicted molar refractivity (Wildman–Crippen MR) is 52.0 cm³/mol. The lowest BCUT2D eigenvalue weighted by molar-refractivity contribution is 0.0377. The van der Waals surface area contributed by atoms with Crippen molar-refractivity contribution in [2.75, 3.05) is 26.8 Å². The molecule has 0 aromatic carbocycles. The van der Waals surface area contributed by atoms with Gasteiger partial charge in [0.2, 0.25) is 0 Å². The van der Waals surface area contributed by atoms with Crippen molar-refractivity contribution in [3.63, 3.8) is 0 Å². The molecular weight excluding hydrogens is 184 g/mol. The summed E-state index contributed by atoms with van der Waals surface area (Å²) in [5.74, 6) is 0. The van der Waals surface area contributed by atoms with E-state index in [0.29, 0.717) is 25.8 Å². The minimum absolute atomic E-state index is 0.356. The molecule has 0 aromatic heterocycles. The van der Waals surface area contributed by atoms with Gasteiger partial charge < -0.3 is 18.9 Å². The van der Waals surface area contributed by atoms with Crippen molar-refractivity contribution in [3.05, 3.63) is 0 Å². The van der Waals surface area contributed by atoms with Crippen LogP contribution in [0.15, 0.2) is 0 Å². The fourth-order valence-corrected chi connectivity index (χ4v) is 1.48. The van der Waals surface area contributed by atoms with Crippen LogP contribution in [0, 0.1) is 0 Å². The quantitative estimate of drug-likeness (QED) is 0.683. The van der Waals surface area contributed by atoms with Crippen LogP contribution in [0.5, 0.6) is 0 Å². The van der Waals surface area contributed by atoms with Gasteiger partial charge in [-0.15, -0.1) is 0 Å². The van der Waals surface area contributed by atoms with Crippen molar-refractivity contribution in [2.45, 2.75) is 38.9 Å². The zero-order chi connectivity index (χ0) is 10.2. The minimum Gasteiger partial charge on any atom is -0.353 e. The van der Waals surface area contributed by atoms with E-state index in [0.717, 1.165) is 26.1 Å². The van der Waals surface area contributed by atoms with E-state index in [2.05, 4.69) is 13.8 Å². The molecule has 84 valence electrons. The standard InChI is InChI=1S/C7H14O2.C3H6O2/c1-3-6-7(4-2)9-5-8-6;1-2-5-3-4-1/h6-7H,3-5H2,1-2H3;1-3H2. The van der Waals surface area contributed by atoms with Crippen LogP contribution < -0.4 is 0 Å². The summed E-state index contributed by atoms with van der Waals surface area (Å²) in [6.07, 6.45) is 2.85. The minimum atomic E-state index is 0.356. The molecule has 2 heterocycles. The first-order valence-electron chi connectivity index (χ1n) is 5.27. The summed E-state index contributed by atoms with van der Waals surface area (Å²) in [4.78, 5) is 0. The third-order valence-corrected chi connectivity index (χ3v) is 2.32. The van der Waals surface area contributed by atoms with Gasteiger partial charge in [-0.2, -0.15) is 0 Å². The molecule has 0 bridgehead atoms. The lowest BCUT2D eigenvalue weighted by Gasteiger charge is -2.11. The van der Waals surface area contributed by atoms with E-state index in [4.69, 9.17) is 18.9 Å². The summed E-state index contributed by atoms with van der Waals surface area (Å²) in [6.45, 7) is 6.81. The van der Waals surface area contributed by atoms with Crippen LogP contribution in [0.2, 0.25) is 0 Å². The summed E-state index contributed by atoms with van der Waals surface area (Å²) >= 11 is 0. The molecule has 2 aliphatic heterocycles. The number of hydrogen-bond acceptors (Lipinski definition) is 4. The molecule has 14 heavy (non-hydrogen) atoms. The van der Waals surface area contributed by atoms with Gasteiger partial charge >= 0.3 is 0 Å². The van der Waals surface area contributed by atoms with Crippen LogP contribution in [0.4, 0.5) is 0 Å². The highest BCUT2D eigenvalue weighted by molar-refractivity contribution is 4.70. The highest BCUT2D eigenvalue weighted by atomic mass is 16.7. The Labute approximate surface area is 85.5 Å². The van der Waals surface area contributed by atoms with E-state index < -0.39 is 0 Å². The largest absolute Gasteiger partial charge is 0.353 e. The van der Waals surface area contributed by atoms with Gasteiger partial charge in [-0.3, -0.25) is 0 Å². The molecule has 0 aromatic rings. The van der Waals surface area contributed by atoms with Crippen LogP contribution in [-0.4, -0.2) is 39.0 Å². The second-order valence-electron chi connectivity index (χ2n) is 3.28. The van der Waals surface area contributed by atoms with Crippen molar-refractivity contribution in [1.82, 2.24) is 0 Å². The second kappa shape index (κ2) is 7.17. The van der Waals surface area contributed by atoms with E-state index in [1.807, 2.05) is 0 Å². The molecule has 2 fully saturated rings.